The standard InChI is InChI=1S/C30H34ClN3O3/c1-21-4-13-27(28(35)20-21)22-14-18-34(19-15-22)17-3-2-16-32-29(36)23-7-11-26(12-8-23)33-30(37)24-5-9-25(31)10-6-24/h4-13,20,22,35H,2-3,14-19H2,1H3,(H,32,36)(H,33,37). The molecule has 0 unspecified atom stereocenters. The molecular weight excluding hydrogens is 486 g/mol. The van der Waals surface area contributed by atoms with E-state index in [1.807, 2.05) is 13.0 Å². The lowest BCUT2D eigenvalue weighted by Gasteiger charge is -2.32. The molecule has 7 heteroatoms. The zero-order valence-corrected chi connectivity index (χ0v) is 21.9. The summed E-state index contributed by atoms with van der Waals surface area (Å²) in [5.41, 5.74) is 3.86. The van der Waals surface area contributed by atoms with Gasteiger partial charge < -0.3 is 20.6 Å². The number of anilines is 1. The number of aromatic hydroxyl groups is 1. The maximum absolute atomic E-state index is 12.5. The molecule has 2 amide bonds. The number of carbonyl (C=O) groups is 2. The Hall–Kier alpha value is -3.35. The normalized spacial score (nSPS) is 14.3. The number of carbonyl (C=O) groups excluding carboxylic acids is 2. The zero-order valence-electron chi connectivity index (χ0n) is 21.2. The van der Waals surface area contributed by atoms with Crippen LogP contribution in [-0.4, -0.2) is 48.0 Å². The number of nitrogens with one attached hydrogen (secondary N) is 2. The van der Waals surface area contributed by atoms with Crippen molar-refractivity contribution < 1.29 is 14.7 Å². The molecule has 1 aliphatic rings. The molecular formula is C30H34ClN3O3. The van der Waals surface area contributed by atoms with Crippen LogP contribution in [0, 0.1) is 6.92 Å². The van der Waals surface area contributed by atoms with E-state index in [1.165, 1.54) is 0 Å². The van der Waals surface area contributed by atoms with Crippen molar-refractivity contribution in [3.63, 3.8) is 0 Å². The smallest absolute Gasteiger partial charge is 0.255 e. The van der Waals surface area contributed by atoms with Crippen LogP contribution in [0.3, 0.4) is 0 Å². The second-order valence-electron chi connectivity index (χ2n) is 9.68. The van der Waals surface area contributed by atoms with E-state index in [0.29, 0.717) is 40.0 Å². The Morgan fingerprint density at radius 3 is 2.24 bits per heavy atom. The van der Waals surface area contributed by atoms with Gasteiger partial charge in [-0.15, -0.1) is 0 Å². The number of benzene rings is 3. The Kier molecular flexibility index (Phi) is 9.20. The summed E-state index contributed by atoms with van der Waals surface area (Å²) >= 11 is 5.87. The minimum atomic E-state index is -0.230. The summed E-state index contributed by atoms with van der Waals surface area (Å²) in [5.74, 6) is 0.500. The fourth-order valence-corrected chi connectivity index (χ4v) is 4.87. The third-order valence-electron chi connectivity index (χ3n) is 6.91. The molecule has 194 valence electrons. The highest BCUT2D eigenvalue weighted by atomic mass is 35.5. The van der Waals surface area contributed by atoms with Crippen LogP contribution in [-0.2, 0) is 0 Å². The van der Waals surface area contributed by atoms with Gasteiger partial charge in [0.1, 0.15) is 5.75 Å². The van der Waals surface area contributed by atoms with E-state index in [4.69, 9.17) is 11.6 Å². The summed E-state index contributed by atoms with van der Waals surface area (Å²) < 4.78 is 0. The highest BCUT2D eigenvalue weighted by Gasteiger charge is 2.22. The number of hydrogen-bond donors (Lipinski definition) is 3. The van der Waals surface area contributed by atoms with Crippen molar-refractivity contribution in [1.82, 2.24) is 10.2 Å². The van der Waals surface area contributed by atoms with Gasteiger partial charge in [0, 0.05) is 28.4 Å². The first-order valence-corrected chi connectivity index (χ1v) is 13.2. The second kappa shape index (κ2) is 12.7. The summed E-state index contributed by atoms with van der Waals surface area (Å²) in [7, 11) is 0. The van der Waals surface area contributed by atoms with Crippen LogP contribution in [0.4, 0.5) is 5.69 Å². The first kappa shape index (κ1) is 26.7. The van der Waals surface area contributed by atoms with Gasteiger partial charge in [0.05, 0.1) is 0 Å². The number of piperidine rings is 1. The Bertz CT molecular complexity index is 1200. The molecule has 0 aromatic heterocycles. The number of likely N-dealkylation sites (tertiary alicyclic amines) is 1. The third-order valence-corrected chi connectivity index (χ3v) is 7.16. The summed E-state index contributed by atoms with van der Waals surface area (Å²) in [5, 5.41) is 16.6. The molecule has 37 heavy (non-hydrogen) atoms. The predicted molar refractivity (Wildman–Crippen MR) is 149 cm³/mol. The number of amides is 2. The number of phenolic OH excluding ortho intramolecular Hbond substituents is 1. The molecule has 0 atom stereocenters. The molecule has 0 bridgehead atoms. The van der Waals surface area contributed by atoms with Crippen LogP contribution < -0.4 is 10.6 Å². The number of phenols is 1. The maximum Gasteiger partial charge on any atom is 0.255 e. The van der Waals surface area contributed by atoms with Crippen molar-refractivity contribution in [3.05, 3.63) is 94.0 Å². The third kappa shape index (κ3) is 7.57. The molecule has 4 rings (SSSR count). The fourth-order valence-electron chi connectivity index (χ4n) is 4.74. The lowest BCUT2D eigenvalue weighted by atomic mass is 9.88. The Morgan fingerprint density at radius 1 is 0.919 bits per heavy atom. The molecule has 0 radical (unpaired) electrons. The Morgan fingerprint density at radius 2 is 1.57 bits per heavy atom. The number of unbranched alkanes of at least 4 members (excludes halogenated alkanes) is 1. The summed E-state index contributed by atoms with van der Waals surface area (Å²) in [6.45, 7) is 5.71. The van der Waals surface area contributed by atoms with E-state index >= 15 is 0 Å². The molecule has 1 aliphatic heterocycles. The molecule has 0 spiro atoms. The van der Waals surface area contributed by atoms with Crippen LogP contribution in [0.5, 0.6) is 5.75 Å². The minimum absolute atomic E-state index is 0.116. The first-order chi connectivity index (χ1) is 17.9. The van der Waals surface area contributed by atoms with E-state index < -0.39 is 0 Å². The summed E-state index contributed by atoms with van der Waals surface area (Å²) in [6.07, 6.45) is 4.06. The summed E-state index contributed by atoms with van der Waals surface area (Å²) in [4.78, 5) is 27.3. The van der Waals surface area contributed by atoms with Crippen LogP contribution in [0.25, 0.3) is 0 Å². The van der Waals surface area contributed by atoms with E-state index in [2.05, 4.69) is 27.7 Å². The van der Waals surface area contributed by atoms with E-state index in [1.54, 1.807) is 48.5 Å². The average molecular weight is 520 g/mol. The van der Waals surface area contributed by atoms with E-state index in [0.717, 1.165) is 56.4 Å². The molecule has 1 fully saturated rings. The average Bonchev–Trinajstić information content (AvgIpc) is 2.90. The van der Waals surface area contributed by atoms with Gasteiger partial charge in [0.15, 0.2) is 0 Å². The lowest BCUT2D eigenvalue weighted by Crippen LogP contribution is -2.34. The minimum Gasteiger partial charge on any atom is -0.508 e. The highest BCUT2D eigenvalue weighted by Crippen LogP contribution is 2.34. The lowest BCUT2D eigenvalue weighted by molar-refractivity contribution is 0.0951. The number of halogens is 1. The molecule has 0 aliphatic carbocycles. The van der Waals surface area contributed by atoms with Gasteiger partial charge in [-0.2, -0.15) is 0 Å². The van der Waals surface area contributed by atoms with Crippen molar-refractivity contribution in [2.24, 2.45) is 0 Å². The topological polar surface area (TPSA) is 81.7 Å². The van der Waals surface area contributed by atoms with Crippen molar-refractivity contribution in [2.75, 3.05) is 31.5 Å². The van der Waals surface area contributed by atoms with Crippen molar-refractivity contribution >= 4 is 29.1 Å². The van der Waals surface area contributed by atoms with Crippen LogP contribution in [0.2, 0.25) is 5.02 Å². The largest absolute Gasteiger partial charge is 0.508 e. The van der Waals surface area contributed by atoms with Gasteiger partial charge in [-0.25, -0.2) is 0 Å². The fraction of sp³-hybridized carbons (Fsp3) is 0.333. The Labute approximate surface area is 223 Å². The second-order valence-corrected chi connectivity index (χ2v) is 10.1. The van der Waals surface area contributed by atoms with Gasteiger partial charge >= 0.3 is 0 Å². The van der Waals surface area contributed by atoms with Crippen molar-refractivity contribution in [2.45, 2.75) is 38.5 Å². The van der Waals surface area contributed by atoms with Gasteiger partial charge in [-0.3, -0.25) is 9.59 Å². The number of aryl methyl sites for hydroxylation is 1. The monoisotopic (exact) mass is 519 g/mol. The van der Waals surface area contributed by atoms with Crippen molar-refractivity contribution in [3.8, 4) is 5.75 Å². The zero-order chi connectivity index (χ0) is 26.2. The summed E-state index contributed by atoms with van der Waals surface area (Å²) in [6, 6.07) is 19.5. The van der Waals surface area contributed by atoms with Gasteiger partial charge in [0.25, 0.3) is 11.8 Å². The highest BCUT2D eigenvalue weighted by molar-refractivity contribution is 6.30. The molecule has 1 saturated heterocycles. The molecule has 3 aromatic carbocycles. The van der Waals surface area contributed by atoms with Crippen LogP contribution >= 0.6 is 11.6 Å². The molecule has 3 N–H and O–H groups in total. The quantitative estimate of drug-likeness (QED) is 0.303. The van der Waals surface area contributed by atoms with Crippen LogP contribution in [0.1, 0.15) is 63.4 Å². The molecule has 6 nitrogen and oxygen atoms in total. The molecule has 3 aromatic rings. The van der Waals surface area contributed by atoms with Crippen molar-refractivity contribution in [1.29, 1.82) is 0 Å². The van der Waals surface area contributed by atoms with E-state index in [-0.39, 0.29) is 11.8 Å². The number of hydrogen-bond acceptors (Lipinski definition) is 4. The predicted octanol–water partition coefficient (Wildman–Crippen LogP) is 6.00. The van der Waals surface area contributed by atoms with Gasteiger partial charge in [-0.05, 0) is 124 Å². The number of nitrogens with zero attached hydrogens (tertiary/aromatic N) is 1. The molecule has 0 saturated carbocycles. The van der Waals surface area contributed by atoms with Crippen LogP contribution in [0.15, 0.2) is 66.7 Å². The van der Waals surface area contributed by atoms with E-state index in [9.17, 15) is 14.7 Å². The molecule has 1 heterocycles. The number of rotatable bonds is 9. The first-order valence-electron chi connectivity index (χ1n) is 12.9. The van der Waals surface area contributed by atoms with Gasteiger partial charge in [-0.1, -0.05) is 23.7 Å². The maximum atomic E-state index is 12.5. The SMILES string of the molecule is Cc1ccc(C2CCN(CCCCNC(=O)c3ccc(NC(=O)c4ccc(Cl)cc4)cc3)CC2)c(O)c1. The Balaban J connectivity index is 1.12. The van der Waals surface area contributed by atoms with Gasteiger partial charge in [0.2, 0.25) is 0 Å².